The molecule has 6 heteroatoms. The molecule has 1 aromatic rings. The van der Waals surface area contributed by atoms with Crippen LogP contribution in [0.25, 0.3) is 0 Å². The first-order chi connectivity index (χ1) is 10.0. The van der Waals surface area contributed by atoms with Gasteiger partial charge in [0.2, 0.25) is 6.29 Å². The number of nitrogens with one attached hydrogen (secondary N) is 1. The van der Waals surface area contributed by atoms with Crippen molar-refractivity contribution in [2.24, 2.45) is 0 Å². The van der Waals surface area contributed by atoms with Crippen molar-refractivity contribution in [2.75, 3.05) is 13.6 Å². The van der Waals surface area contributed by atoms with Crippen LogP contribution in [-0.2, 0) is 11.2 Å². The van der Waals surface area contributed by atoms with E-state index in [1.807, 2.05) is 19.2 Å². The van der Waals surface area contributed by atoms with E-state index in [-0.39, 0.29) is 0 Å². The summed E-state index contributed by atoms with van der Waals surface area (Å²) in [6.07, 6.45) is -4.39. The fraction of sp³-hybridized carbons (Fsp3) is 0.600. The monoisotopic (exact) mass is 297 g/mol. The lowest BCUT2D eigenvalue weighted by Gasteiger charge is -2.38. The molecule has 5 atom stereocenters. The van der Waals surface area contributed by atoms with Crippen LogP contribution >= 0.6 is 0 Å². The molecule has 0 radical (unpaired) electrons. The summed E-state index contributed by atoms with van der Waals surface area (Å²) in [4.78, 5) is 0. The highest BCUT2D eigenvalue weighted by atomic mass is 16.7. The van der Waals surface area contributed by atoms with Gasteiger partial charge in [0, 0.05) is 0 Å². The van der Waals surface area contributed by atoms with Crippen molar-refractivity contribution in [2.45, 2.75) is 44.1 Å². The minimum Gasteiger partial charge on any atom is -0.462 e. The van der Waals surface area contributed by atoms with Gasteiger partial charge in [-0.25, -0.2) is 0 Å². The van der Waals surface area contributed by atoms with Gasteiger partial charge in [0.25, 0.3) is 0 Å². The zero-order valence-electron chi connectivity index (χ0n) is 12.3. The summed E-state index contributed by atoms with van der Waals surface area (Å²) in [6.45, 7) is 2.52. The minimum atomic E-state index is -1.29. The summed E-state index contributed by atoms with van der Waals surface area (Å²) in [5, 5.41) is 32.3. The van der Waals surface area contributed by atoms with Crippen LogP contribution in [0.3, 0.4) is 0 Å². The second-order valence-electron chi connectivity index (χ2n) is 5.30. The molecule has 21 heavy (non-hydrogen) atoms. The summed E-state index contributed by atoms with van der Waals surface area (Å²) in [5.41, 5.74) is 1.17. The molecule has 0 aliphatic carbocycles. The Balaban J connectivity index is 1.97. The molecule has 0 bridgehead atoms. The number of likely N-dealkylation sites (N-methyl/N-ethyl adjacent to an activating group) is 1. The summed E-state index contributed by atoms with van der Waals surface area (Å²) in [5.74, 6) is 0.544. The van der Waals surface area contributed by atoms with Gasteiger partial charge in [-0.3, -0.25) is 0 Å². The average molecular weight is 297 g/mol. The highest BCUT2D eigenvalue weighted by molar-refractivity contribution is 5.27. The van der Waals surface area contributed by atoms with E-state index in [1.54, 1.807) is 19.1 Å². The number of aliphatic hydroxyl groups is 3. The maximum Gasteiger partial charge on any atom is 0.229 e. The maximum atomic E-state index is 9.89. The van der Waals surface area contributed by atoms with Crippen molar-refractivity contribution < 1.29 is 24.8 Å². The van der Waals surface area contributed by atoms with Crippen molar-refractivity contribution in [1.29, 1.82) is 0 Å². The summed E-state index contributed by atoms with van der Waals surface area (Å²) < 4.78 is 10.9. The smallest absolute Gasteiger partial charge is 0.229 e. The summed E-state index contributed by atoms with van der Waals surface area (Å²) in [7, 11) is 1.90. The molecule has 1 aliphatic heterocycles. The van der Waals surface area contributed by atoms with E-state index in [1.165, 1.54) is 5.56 Å². The van der Waals surface area contributed by atoms with Crippen LogP contribution in [0.5, 0.6) is 5.75 Å². The number of aliphatic hydroxyl groups excluding tert-OH is 3. The van der Waals surface area contributed by atoms with Crippen LogP contribution in [0.15, 0.2) is 24.3 Å². The Labute approximate surface area is 124 Å². The Morgan fingerprint density at radius 3 is 2.38 bits per heavy atom. The Kier molecular flexibility index (Phi) is 5.55. The van der Waals surface area contributed by atoms with Crippen LogP contribution in [-0.4, -0.2) is 59.6 Å². The Hall–Kier alpha value is -1.18. The van der Waals surface area contributed by atoms with Crippen LogP contribution in [0.4, 0.5) is 0 Å². The lowest BCUT2D eigenvalue weighted by molar-refractivity contribution is -0.268. The molecule has 0 aromatic heterocycles. The molecule has 0 unspecified atom stereocenters. The van der Waals surface area contributed by atoms with E-state index < -0.39 is 30.7 Å². The molecule has 2 rings (SSSR count). The SMILES string of the molecule is CNCCc1ccc(O[C@@H]2O[C@H](C)[C@@H](O)[C@H](O)[C@H]2O)cc1. The number of benzene rings is 1. The molecule has 1 fully saturated rings. The van der Waals surface area contributed by atoms with E-state index in [9.17, 15) is 15.3 Å². The highest BCUT2D eigenvalue weighted by Gasteiger charge is 2.43. The molecule has 6 nitrogen and oxygen atoms in total. The molecular weight excluding hydrogens is 274 g/mol. The van der Waals surface area contributed by atoms with Gasteiger partial charge in [0.1, 0.15) is 24.1 Å². The van der Waals surface area contributed by atoms with E-state index in [4.69, 9.17) is 9.47 Å². The number of hydrogen-bond acceptors (Lipinski definition) is 6. The third-order valence-corrected chi connectivity index (χ3v) is 3.65. The van der Waals surface area contributed by atoms with Crippen LogP contribution in [0.2, 0.25) is 0 Å². The van der Waals surface area contributed by atoms with Crippen molar-refractivity contribution in [3.8, 4) is 5.75 Å². The van der Waals surface area contributed by atoms with Gasteiger partial charge in [0.05, 0.1) is 6.10 Å². The third kappa shape index (κ3) is 3.93. The summed E-state index contributed by atoms with van der Waals surface area (Å²) in [6, 6.07) is 7.47. The molecule has 1 heterocycles. The molecule has 1 aliphatic rings. The summed E-state index contributed by atoms with van der Waals surface area (Å²) >= 11 is 0. The number of ether oxygens (including phenoxy) is 2. The van der Waals surface area contributed by atoms with Crippen LogP contribution < -0.4 is 10.1 Å². The largest absolute Gasteiger partial charge is 0.462 e. The normalized spacial score (nSPS) is 32.9. The van der Waals surface area contributed by atoms with E-state index in [0.717, 1.165) is 13.0 Å². The van der Waals surface area contributed by atoms with Gasteiger partial charge in [-0.1, -0.05) is 12.1 Å². The zero-order valence-corrected chi connectivity index (χ0v) is 12.3. The second-order valence-corrected chi connectivity index (χ2v) is 5.30. The third-order valence-electron chi connectivity index (χ3n) is 3.65. The van der Waals surface area contributed by atoms with Gasteiger partial charge in [0.15, 0.2) is 0 Å². The average Bonchev–Trinajstić information content (AvgIpc) is 2.50. The molecule has 4 N–H and O–H groups in total. The molecule has 1 aromatic carbocycles. The Morgan fingerprint density at radius 1 is 1.10 bits per heavy atom. The lowest BCUT2D eigenvalue weighted by atomic mass is 10.00. The van der Waals surface area contributed by atoms with Crippen molar-refractivity contribution in [3.63, 3.8) is 0 Å². The topological polar surface area (TPSA) is 91.2 Å². The maximum absolute atomic E-state index is 9.89. The zero-order chi connectivity index (χ0) is 15.4. The molecule has 0 saturated carbocycles. The fourth-order valence-electron chi connectivity index (χ4n) is 2.25. The van der Waals surface area contributed by atoms with Gasteiger partial charge in [-0.15, -0.1) is 0 Å². The first-order valence-corrected chi connectivity index (χ1v) is 7.12. The number of rotatable bonds is 5. The predicted octanol–water partition coefficient (Wildman–Crippen LogP) is -0.345. The van der Waals surface area contributed by atoms with Crippen LogP contribution in [0.1, 0.15) is 12.5 Å². The first kappa shape index (κ1) is 16.2. The molecule has 0 amide bonds. The lowest BCUT2D eigenvalue weighted by Crippen LogP contribution is -2.58. The highest BCUT2D eigenvalue weighted by Crippen LogP contribution is 2.24. The van der Waals surface area contributed by atoms with Gasteiger partial charge in [-0.05, 0) is 44.6 Å². The van der Waals surface area contributed by atoms with Gasteiger partial charge < -0.3 is 30.1 Å². The van der Waals surface area contributed by atoms with Crippen LogP contribution in [0, 0.1) is 0 Å². The van der Waals surface area contributed by atoms with E-state index >= 15 is 0 Å². The quantitative estimate of drug-likeness (QED) is 0.594. The molecule has 1 saturated heterocycles. The standard InChI is InChI=1S/C15H23NO5/c1-9-12(17)13(18)14(19)15(20-9)21-11-5-3-10(4-6-11)7-8-16-2/h3-6,9,12-19H,7-8H2,1-2H3/t9-,12-,13+,14-,15+/m1/s1. The van der Waals surface area contributed by atoms with Gasteiger partial charge in [-0.2, -0.15) is 0 Å². The van der Waals surface area contributed by atoms with E-state index in [0.29, 0.717) is 5.75 Å². The predicted molar refractivity (Wildman–Crippen MR) is 77.1 cm³/mol. The molecule has 118 valence electrons. The van der Waals surface area contributed by atoms with E-state index in [2.05, 4.69) is 5.32 Å². The fourth-order valence-corrected chi connectivity index (χ4v) is 2.25. The van der Waals surface area contributed by atoms with Gasteiger partial charge >= 0.3 is 0 Å². The molecular formula is C15H23NO5. The Bertz CT molecular complexity index is 438. The van der Waals surface area contributed by atoms with Crippen molar-refractivity contribution >= 4 is 0 Å². The minimum absolute atomic E-state index is 0.544. The second kappa shape index (κ2) is 7.20. The number of hydrogen-bond donors (Lipinski definition) is 4. The molecule has 0 spiro atoms. The van der Waals surface area contributed by atoms with Crippen molar-refractivity contribution in [3.05, 3.63) is 29.8 Å². The Morgan fingerprint density at radius 2 is 1.76 bits per heavy atom. The van der Waals surface area contributed by atoms with Crippen molar-refractivity contribution in [1.82, 2.24) is 5.32 Å². The first-order valence-electron chi connectivity index (χ1n) is 7.12.